The first-order valence-corrected chi connectivity index (χ1v) is 4.98. The molecular formula is C10H19NO2. The molecule has 1 aliphatic heterocycles. The number of rotatable bonds is 4. The lowest BCUT2D eigenvalue weighted by Gasteiger charge is -2.35. The molecule has 3 heteroatoms. The molecule has 1 aliphatic rings. The number of hydrogen-bond donors (Lipinski definition) is 1. The van der Waals surface area contributed by atoms with Gasteiger partial charge in [0.1, 0.15) is 6.61 Å². The van der Waals surface area contributed by atoms with Crippen LogP contribution in [0, 0.1) is 5.41 Å². The van der Waals surface area contributed by atoms with Crippen LogP contribution in [0.25, 0.3) is 0 Å². The van der Waals surface area contributed by atoms with Crippen molar-refractivity contribution in [2.45, 2.75) is 26.2 Å². The van der Waals surface area contributed by atoms with Crippen LogP contribution in [-0.4, -0.2) is 32.6 Å². The molecule has 0 atom stereocenters. The molecule has 1 rings (SSSR count). The summed E-state index contributed by atoms with van der Waals surface area (Å²) in [6.07, 6.45) is 2.87. The molecule has 0 radical (unpaired) electrons. The van der Waals surface area contributed by atoms with Gasteiger partial charge >= 0.3 is 0 Å². The van der Waals surface area contributed by atoms with Crippen molar-refractivity contribution in [1.29, 1.82) is 0 Å². The van der Waals surface area contributed by atoms with Crippen LogP contribution in [-0.2, 0) is 9.53 Å². The number of Topliss-reactive ketones (excluding diaryl/α,β-unsaturated/α-hetero) is 1. The Labute approximate surface area is 79.8 Å². The average molecular weight is 185 g/mol. The molecule has 1 fully saturated rings. The second-order valence-corrected chi connectivity index (χ2v) is 3.74. The van der Waals surface area contributed by atoms with Gasteiger partial charge in [-0.15, -0.1) is 0 Å². The highest BCUT2D eigenvalue weighted by Crippen LogP contribution is 2.33. The third kappa shape index (κ3) is 2.29. The monoisotopic (exact) mass is 185 g/mol. The van der Waals surface area contributed by atoms with E-state index < -0.39 is 0 Å². The highest BCUT2D eigenvalue weighted by molar-refractivity contribution is 5.86. The molecular weight excluding hydrogens is 166 g/mol. The summed E-state index contributed by atoms with van der Waals surface area (Å²) in [7, 11) is 1.59. The third-order valence-electron chi connectivity index (χ3n) is 3.10. The summed E-state index contributed by atoms with van der Waals surface area (Å²) in [5.74, 6) is 0.277. The van der Waals surface area contributed by atoms with E-state index in [1.807, 2.05) is 0 Å². The molecule has 0 amide bonds. The molecule has 0 spiro atoms. The fourth-order valence-corrected chi connectivity index (χ4v) is 2.02. The molecule has 1 N–H and O–H groups in total. The van der Waals surface area contributed by atoms with E-state index in [-0.39, 0.29) is 17.8 Å². The maximum absolute atomic E-state index is 11.8. The molecule has 1 saturated heterocycles. The van der Waals surface area contributed by atoms with E-state index in [4.69, 9.17) is 4.74 Å². The highest BCUT2D eigenvalue weighted by Gasteiger charge is 2.36. The SMILES string of the molecule is CCC1(C(=O)COC)CCNCC1. The van der Waals surface area contributed by atoms with Crippen LogP contribution in [0.5, 0.6) is 0 Å². The predicted molar refractivity (Wildman–Crippen MR) is 51.7 cm³/mol. The van der Waals surface area contributed by atoms with E-state index in [0.29, 0.717) is 0 Å². The first-order chi connectivity index (χ1) is 6.25. The van der Waals surface area contributed by atoms with E-state index in [1.165, 1.54) is 0 Å². The number of carbonyl (C=O) groups is 1. The summed E-state index contributed by atoms with van der Waals surface area (Å²) in [5.41, 5.74) is -0.0960. The average Bonchev–Trinajstić information content (AvgIpc) is 2.19. The molecule has 0 saturated carbocycles. The maximum atomic E-state index is 11.8. The Balaban J connectivity index is 2.61. The van der Waals surface area contributed by atoms with E-state index in [2.05, 4.69) is 12.2 Å². The first-order valence-electron chi connectivity index (χ1n) is 4.98. The van der Waals surface area contributed by atoms with Crippen molar-refractivity contribution in [3.8, 4) is 0 Å². The number of methoxy groups -OCH3 is 1. The normalized spacial score (nSPS) is 21.4. The van der Waals surface area contributed by atoms with E-state index >= 15 is 0 Å². The molecule has 13 heavy (non-hydrogen) atoms. The Morgan fingerprint density at radius 1 is 1.46 bits per heavy atom. The fraction of sp³-hybridized carbons (Fsp3) is 0.900. The number of hydrogen-bond acceptors (Lipinski definition) is 3. The number of ether oxygens (including phenoxy) is 1. The van der Waals surface area contributed by atoms with Gasteiger partial charge in [0.05, 0.1) is 0 Å². The standard InChI is InChI=1S/C10H19NO2/c1-3-10(9(12)8-13-2)4-6-11-7-5-10/h11H,3-8H2,1-2H3. The summed E-state index contributed by atoms with van der Waals surface area (Å²) < 4.78 is 4.91. The van der Waals surface area contributed by atoms with Gasteiger partial charge in [0, 0.05) is 12.5 Å². The van der Waals surface area contributed by atoms with Gasteiger partial charge in [0.15, 0.2) is 5.78 Å². The van der Waals surface area contributed by atoms with Gasteiger partial charge in [-0.3, -0.25) is 4.79 Å². The van der Waals surface area contributed by atoms with Gasteiger partial charge in [-0.1, -0.05) is 6.92 Å². The highest BCUT2D eigenvalue weighted by atomic mass is 16.5. The zero-order valence-electron chi connectivity index (χ0n) is 8.56. The zero-order valence-corrected chi connectivity index (χ0v) is 8.56. The molecule has 76 valence electrons. The Morgan fingerprint density at radius 3 is 2.54 bits per heavy atom. The van der Waals surface area contributed by atoms with Crippen LogP contribution in [0.3, 0.4) is 0 Å². The fourth-order valence-electron chi connectivity index (χ4n) is 2.02. The van der Waals surface area contributed by atoms with Crippen molar-refractivity contribution in [1.82, 2.24) is 5.32 Å². The van der Waals surface area contributed by atoms with Gasteiger partial charge in [0.2, 0.25) is 0 Å². The molecule has 0 aromatic rings. The molecule has 0 aromatic carbocycles. The number of piperidine rings is 1. The van der Waals surface area contributed by atoms with Gasteiger partial charge in [-0.2, -0.15) is 0 Å². The first kappa shape index (κ1) is 10.7. The van der Waals surface area contributed by atoms with Crippen molar-refractivity contribution in [2.24, 2.45) is 5.41 Å². The maximum Gasteiger partial charge on any atom is 0.164 e. The van der Waals surface area contributed by atoms with Crippen LogP contribution >= 0.6 is 0 Å². The topological polar surface area (TPSA) is 38.3 Å². The predicted octanol–water partition coefficient (Wildman–Crippen LogP) is 0.982. The minimum absolute atomic E-state index is 0.0960. The quantitative estimate of drug-likeness (QED) is 0.709. The van der Waals surface area contributed by atoms with E-state index in [0.717, 1.165) is 32.4 Å². The number of carbonyl (C=O) groups excluding carboxylic acids is 1. The van der Waals surface area contributed by atoms with Crippen LogP contribution in [0.15, 0.2) is 0 Å². The van der Waals surface area contributed by atoms with Gasteiger partial charge in [-0.25, -0.2) is 0 Å². The van der Waals surface area contributed by atoms with E-state index in [9.17, 15) is 4.79 Å². The lowest BCUT2D eigenvalue weighted by Crippen LogP contribution is -2.43. The second-order valence-electron chi connectivity index (χ2n) is 3.74. The molecule has 1 heterocycles. The lowest BCUT2D eigenvalue weighted by atomic mass is 9.73. The summed E-state index contributed by atoms with van der Waals surface area (Å²) in [6, 6.07) is 0. The smallest absolute Gasteiger partial charge is 0.164 e. The van der Waals surface area contributed by atoms with Gasteiger partial charge < -0.3 is 10.1 Å². The minimum atomic E-state index is -0.0960. The second kappa shape index (κ2) is 4.72. The Morgan fingerprint density at radius 2 is 2.08 bits per heavy atom. The van der Waals surface area contributed by atoms with Crippen LogP contribution in [0.4, 0.5) is 0 Å². The molecule has 0 aromatic heterocycles. The minimum Gasteiger partial charge on any atom is -0.377 e. The van der Waals surface area contributed by atoms with Gasteiger partial charge in [0.25, 0.3) is 0 Å². The molecule has 0 aliphatic carbocycles. The summed E-state index contributed by atoms with van der Waals surface area (Å²) in [6.45, 7) is 4.29. The lowest BCUT2D eigenvalue weighted by molar-refractivity contribution is -0.134. The van der Waals surface area contributed by atoms with Crippen LogP contribution < -0.4 is 5.32 Å². The van der Waals surface area contributed by atoms with E-state index in [1.54, 1.807) is 7.11 Å². The Bertz CT molecular complexity index is 174. The summed E-state index contributed by atoms with van der Waals surface area (Å²) >= 11 is 0. The van der Waals surface area contributed by atoms with Crippen LogP contribution in [0.2, 0.25) is 0 Å². The van der Waals surface area contributed by atoms with Crippen molar-refractivity contribution in [2.75, 3.05) is 26.8 Å². The van der Waals surface area contributed by atoms with Crippen molar-refractivity contribution >= 4 is 5.78 Å². The Kier molecular flexibility index (Phi) is 3.88. The summed E-state index contributed by atoms with van der Waals surface area (Å²) in [4.78, 5) is 11.8. The zero-order chi connectivity index (χ0) is 9.73. The van der Waals surface area contributed by atoms with Gasteiger partial charge in [-0.05, 0) is 32.4 Å². The van der Waals surface area contributed by atoms with Crippen molar-refractivity contribution in [3.05, 3.63) is 0 Å². The van der Waals surface area contributed by atoms with Crippen molar-refractivity contribution in [3.63, 3.8) is 0 Å². The van der Waals surface area contributed by atoms with Crippen LogP contribution in [0.1, 0.15) is 26.2 Å². The van der Waals surface area contributed by atoms with Crippen molar-refractivity contribution < 1.29 is 9.53 Å². The number of nitrogens with one attached hydrogen (secondary N) is 1. The molecule has 0 bridgehead atoms. The Hall–Kier alpha value is -0.410. The third-order valence-corrected chi connectivity index (χ3v) is 3.10. The summed E-state index contributed by atoms with van der Waals surface area (Å²) in [5, 5.41) is 3.28. The molecule has 0 unspecified atom stereocenters. The molecule has 3 nitrogen and oxygen atoms in total. The number of ketones is 1. The largest absolute Gasteiger partial charge is 0.377 e.